The van der Waals surface area contributed by atoms with E-state index in [9.17, 15) is 5.02 Å². The number of nitrogens with one attached hydrogen (secondary N) is 1. The van der Waals surface area contributed by atoms with Crippen LogP contribution in [0.25, 0.3) is 16.8 Å². The summed E-state index contributed by atoms with van der Waals surface area (Å²) in [6.45, 7) is 5.65. The topological polar surface area (TPSA) is 83.5 Å². The molecule has 8 nitrogen and oxygen atoms in total. The van der Waals surface area contributed by atoms with Gasteiger partial charge in [-0.15, -0.1) is 11.3 Å². The number of piperidine rings is 1. The summed E-state index contributed by atoms with van der Waals surface area (Å²) in [4.78, 5) is 7.18. The zero-order chi connectivity index (χ0) is 21.5. The Kier molecular flexibility index (Phi) is 5.29. The minimum atomic E-state index is -0.445. The molecule has 0 amide bonds. The molecule has 0 spiro atoms. The van der Waals surface area contributed by atoms with Crippen LogP contribution >= 0.6 is 11.3 Å². The summed E-state index contributed by atoms with van der Waals surface area (Å²) in [6.07, 6.45) is 7.79. The van der Waals surface area contributed by atoms with Crippen molar-refractivity contribution in [1.29, 1.82) is 0 Å². The largest absolute Gasteiger partial charge is 0.437 e. The van der Waals surface area contributed by atoms with Gasteiger partial charge in [-0.05, 0) is 56.7 Å². The molecule has 4 aromatic heterocycles. The predicted octanol–water partition coefficient (Wildman–Crippen LogP) is 3.53. The summed E-state index contributed by atoms with van der Waals surface area (Å²) in [6, 6.07) is 4.25. The average molecular weight is 435 g/mol. The van der Waals surface area contributed by atoms with Crippen molar-refractivity contribution in [3.05, 3.63) is 47.4 Å². The van der Waals surface area contributed by atoms with Crippen molar-refractivity contribution >= 4 is 34.9 Å². The molecule has 1 unspecified atom stereocenters. The number of anilines is 2. The van der Waals surface area contributed by atoms with Gasteiger partial charge in [0.05, 0.1) is 23.1 Å². The van der Waals surface area contributed by atoms with Gasteiger partial charge in [-0.1, -0.05) is 0 Å². The Morgan fingerprint density at radius 1 is 1.26 bits per heavy atom. The number of thiophene rings is 1. The highest BCUT2D eigenvalue weighted by molar-refractivity contribution is 7.14. The third-order valence-corrected chi connectivity index (χ3v) is 6.85. The van der Waals surface area contributed by atoms with Gasteiger partial charge in [0.1, 0.15) is 5.82 Å². The first kappa shape index (κ1) is 20.2. The Labute approximate surface area is 185 Å². The summed E-state index contributed by atoms with van der Waals surface area (Å²) in [5, 5.41) is 25.8. The summed E-state index contributed by atoms with van der Waals surface area (Å²) in [7, 11) is 1.46. The maximum absolute atomic E-state index is 10.1. The monoisotopic (exact) mass is 435 g/mol. The quantitative estimate of drug-likeness (QED) is 0.467. The van der Waals surface area contributed by atoms with Gasteiger partial charge in [0.2, 0.25) is 0 Å². The molecule has 10 heteroatoms. The molecule has 0 aromatic carbocycles. The van der Waals surface area contributed by atoms with Crippen LogP contribution in [0.1, 0.15) is 30.0 Å². The van der Waals surface area contributed by atoms with Crippen molar-refractivity contribution in [2.45, 2.75) is 32.5 Å². The third kappa shape index (κ3) is 3.98. The molecule has 0 saturated carbocycles. The Balaban J connectivity index is 1.61. The van der Waals surface area contributed by atoms with Crippen molar-refractivity contribution in [3.63, 3.8) is 0 Å². The maximum atomic E-state index is 10.1. The molecule has 0 aliphatic carbocycles. The standard InChI is InChI=1S/C21H26BN7OS/c1-14-7-20(31-13-14)26-19-8-18(15-5-4-6-28(12-15)22(2)30)25-21-17(10-24-29(19)21)16-9-23-27(3)11-16/h7-11,13,15,26,30H,4-6,12H2,1-3H3. The molecule has 5 heterocycles. The molecular formula is C21H26BN7OS. The molecule has 2 N–H and O–H groups in total. The lowest BCUT2D eigenvalue weighted by Gasteiger charge is -2.33. The van der Waals surface area contributed by atoms with E-state index in [-0.39, 0.29) is 5.92 Å². The molecule has 160 valence electrons. The molecule has 31 heavy (non-hydrogen) atoms. The second kappa shape index (κ2) is 8.10. The van der Waals surface area contributed by atoms with E-state index in [0.717, 1.165) is 59.2 Å². The molecule has 0 bridgehead atoms. The number of hydrogen-bond donors (Lipinski definition) is 2. The number of hydrogen-bond acceptors (Lipinski definition) is 7. The lowest BCUT2D eigenvalue weighted by atomic mass is 9.80. The molecule has 1 atom stereocenters. The Morgan fingerprint density at radius 2 is 2.13 bits per heavy atom. The lowest BCUT2D eigenvalue weighted by Crippen LogP contribution is -2.43. The van der Waals surface area contributed by atoms with E-state index >= 15 is 0 Å². The molecular weight excluding hydrogens is 409 g/mol. The van der Waals surface area contributed by atoms with Crippen LogP contribution in [0.3, 0.4) is 0 Å². The number of aromatic nitrogens is 5. The Morgan fingerprint density at radius 3 is 2.84 bits per heavy atom. The van der Waals surface area contributed by atoms with Gasteiger partial charge in [-0.2, -0.15) is 14.7 Å². The van der Waals surface area contributed by atoms with Crippen molar-refractivity contribution in [2.75, 3.05) is 18.4 Å². The number of fused-ring (bicyclic) bond motifs is 1. The number of nitrogens with zero attached hydrogens (tertiary/aromatic N) is 6. The lowest BCUT2D eigenvalue weighted by molar-refractivity contribution is 0.283. The summed E-state index contributed by atoms with van der Waals surface area (Å²) < 4.78 is 3.66. The minimum Gasteiger partial charge on any atom is -0.437 e. The van der Waals surface area contributed by atoms with Gasteiger partial charge in [0.15, 0.2) is 5.65 Å². The van der Waals surface area contributed by atoms with Crippen LogP contribution in [0, 0.1) is 6.92 Å². The van der Waals surface area contributed by atoms with Crippen molar-refractivity contribution in [2.24, 2.45) is 7.05 Å². The highest BCUT2D eigenvalue weighted by atomic mass is 32.1. The predicted molar refractivity (Wildman–Crippen MR) is 125 cm³/mol. The van der Waals surface area contributed by atoms with Gasteiger partial charge < -0.3 is 15.2 Å². The van der Waals surface area contributed by atoms with Crippen molar-refractivity contribution in [1.82, 2.24) is 29.2 Å². The fraction of sp³-hybridized carbons (Fsp3) is 0.381. The van der Waals surface area contributed by atoms with E-state index in [1.807, 2.05) is 37.0 Å². The summed E-state index contributed by atoms with van der Waals surface area (Å²) in [5.41, 5.74) is 5.03. The van der Waals surface area contributed by atoms with E-state index in [2.05, 4.69) is 44.8 Å². The first-order valence-corrected chi connectivity index (χ1v) is 11.5. The van der Waals surface area contributed by atoms with E-state index < -0.39 is 7.05 Å². The number of rotatable bonds is 5. The highest BCUT2D eigenvalue weighted by Gasteiger charge is 2.28. The molecule has 5 rings (SSSR count). The van der Waals surface area contributed by atoms with Crippen LogP contribution in [-0.2, 0) is 7.05 Å². The van der Waals surface area contributed by atoms with Gasteiger partial charge in [0.25, 0.3) is 0 Å². The Hall–Kier alpha value is -2.69. The van der Waals surface area contributed by atoms with Crippen LogP contribution in [0.5, 0.6) is 0 Å². The van der Waals surface area contributed by atoms with Crippen LogP contribution in [0.2, 0.25) is 6.82 Å². The molecule has 1 fully saturated rings. The van der Waals surface area contributed by atoms with Gasteiger partial charge in [0, 0.05) is 36.4 Å². The SMILES string of the molecule is CB(O)N1CCCC(c2cc(Nc3cc(C)cs3)n3ncc(-c4cnn(C)c4)c3n2)C1. The van der Waals surface area contributed by atoms with Gasteiger partial charge >= 0.3 is 7.05 Å². The van der Waals surface area contributed by atoms with E-state index in [0.29, 0.717) is 0 Å². The van der Waals surface area contributed by atoms with E-state index in [1.54, 1.807) is 16.0 Å². The first-order valence-electron chi connectivity index (χ1n) is 10.6. The number of aryl methyl sites for hydroxylation is 2. The molecule has 4 aromatic rings. The molecule has 0 radical (unpaired) electrons. The molecule has 1 saturated heterocycles. The maximum Gasteiger partial charge on any atom is 0.376 e. The summed E-state index contributed by atoms with van der Waals surface area (Å²) >= 11 is 1.68. The smallest absolute Gasteiger partial charge is 0.376 e. The fourth-order valence-electron chi connectivity index (χ4n) is 4.25. The third-order valence-electron chi connectivity index (χ3n) is 5.89. The first-order chi connectivity index (χ1) is 15.0. The highest BCUT2D eigenvalue weighted by Crippen LogP contribution is 2.33. The van der Waals surface area contributed by atoms with Crippen LogP contribution in [-0.4, -0.2) is 54.4 Å². The minimum absolute atomic E-state index is 0.260. The second-order valence-corrected chi connectivity index (χ2v) is 9.25. The average Bonchev–Trinajstić information content (AvgIpc) is 3.48. The van der Waals surface area contributed by atoms with E-state index in [4.69, 9.17) is 4.98 Å². The van der Waals surface area contributed by atoms with Crippen molar-refractivity contribution < 1.29 is 5.02 Å². The van der Waals surface area contributed by atoms with Crippen LogP contribution in [0.4, 0.5) is 10.8 Å². The van der Waals surface area contributed by atoms with Gasteiger partial charge in [-0.3, -0.25) is 4.68 Å². The summed E-state index contributed by atoms with van der Waals surface area (Å²) in [5.74, 6) is 1.15. The molecule has 1 aliphatic heterocycles. The zero-order valence-corrected chi connectivity index (χ0v) is 18.8. The molecule has 1 aliphatic rings. The normalized spacial score (nSPS) is 17.4. The zero-order valence-electron chi connectivity index (χ0n) is 18.0. The van der Waals surface area contributed by atoms with Gasteiger partial charge in [-0.25, -0.2) is 4.98 Å². The van der Waals surface area contributed by atoms with Crippen LogP contribution in [0.15, 0.2) is 36.1 Å². The van der Waals surface area contributed by atoms with Crippen LogP contribution < -0.4 is 5.32 Å². The van der Waals surface area contributed by atoms with E-state index in [1.165, 1.54) is 5.56 Å². The Bertz CT molecular complexity index is 1210. The second-order valence-electron chi connectivity index (χ2n) is 8.34. The van der Waals surface area contributed by atoms with Crippen molar-refractivity contribution in [3.8, 4) is 11.1 Å². The fourth-order valence-corrected chi connectivity index (χ4v) is 5.05.